The quantitative estimate of drug-likeness (QED) is 0.335. The summed E-state index contributed by atoms with van der Waals surface area (Å²) in [5.41, 5.74) is -1.000. The van der Waals surface area contributed by atoms with Gasteiger partial charge in [-0.1, -0.05) is 23.7 Å². The topological polar surface area (TPSA) is 93.7 Å². The summed E-state index contributed by atoms with van der Waals surface area (Å²) in [6.45, 7) is -0.790. The summed E-state index contributed by atoms with van der Waals surface area (Å²) in [5, 5.41) is 5.25. The molecule has 188 valence electrons. The number of carbonyl (C=O) groups is 3. The number of anilines is 2. The molecule has 0 aromatic heterocycles. The van der Waals surface area contributed by atoms with E-state index in [0.29, 0.717) is 22.2 Å². The zero-order valence-electron chi connectivity index (χ0n) is 18.6. The van der Waals surface area contributed by atoms with Crippen LogP contribution < -0.4 is 15.4 Å². The van der Waals surface area contributed by atoms with Gasteiger partial charge in [-0.2, -0.15) is 13.2 Å². The number of hydrogen-bond donors (Lipinski definition) is 2. The van der Waals surface area contributed by atoms with Gasteiger partial charge in [-0.15, -0.1) is 0 Å². The number of ether oxygens (including phenoxy) is 2. The second kappa shape index (κ2) is 12.1. The van der Waals surface area contributed by atoms with E-state index in [2.05, 4.69) is 10.6 Å². The van der Waals surface area contributed by atoms with Gasteiger partial charge in [-0.3, -0.25) is 14.4 Å². The van der Waals surface area contributed by atoms with Crippen molar-refractivity contribution < 1.29 is 37.0 Å². The van der Waals surface area contributed by atoms with Crippen molar-refractivity contribution in [2.45, 2.75) is 19.0 Å². The van der Waals surface area contributed by atoms with Crippen LogP contribution in [0.4, 0.5) is 24.5 Å². The van der Waals surface area contributed by atoms with Crippen LogP contribution in [-0.2, 0) is 25.3 Å². The number of esters is 1. The second-order valence-corrected chi connectivity index (χ2v) is 7.82. The highest BCUT2D eigenvalue weighted by molar-refractivity contribution is 6.30. The molecule has 2 N–H and O–H groups in total. The van der Waals surface area contributed by atoms with Crippen LogP contribution >= 0.6 is 11.6 Å². The molecule has 0 atom stereocenters. The number of rotatable bonds is 9. The summed E-state index contributed by atoms with van der Waals surface area (Å²) in [6, 6.07) is 17.7. The highest BCUT2D eigenvalue weighted by atomic mass is 35.5. The Labute approximate surface area is 209 Å². The van der Waals surface area contributed by atoms with Crippen LogP contribution in [0.15, 0.2) is 72.8 Å². The van der Waals surface area contributed by atoms with Crippen molar-refractivity contribution in [3.8, 4) is 11.5 Å². The fourth-order valence-corrected chi connectivity index (χ4v) is 3.05. The maximum atomic E-state index is 13.0. The molecule has 11 heteroatoms. The van der Waals surface area contributed by atoms with Gasteiger partial charge in [0.05, 0.1) is 17.7 Å². The number of carbonyl (C=O) groups excluding carboxylic acids is 3. The molecule has 3 aromatic carbocycles. The van der Waals surface area contributed by atoms with E-state index in [1.165, 1.54) is 12.1 Å². The van der Waals surface area contributed by atoms with E-state index >= 15 is 0 Å². The van der Waals surface area contributed by atoms with Crippen molar-refractivity contribution in [3.63, 3.8) is 0 Å². The highest BCUT2D eigenvalue weighted by Gasteiger charge is 2.33. The maximum Gasteiger partial charge on any atom is 0.418 e. The molecule has 3 rings (SSSR count). The molecule has 0 saturated carbocycles. The average molecular weight is 521 g/mol. The molecule has 0 unspecified atom stereocenters. The Morgan fingerprint density at radius 3 is 2.03 bits per heavy atom. The lowest BCUT2D eigenvalue weighted by atomic mass is 10.1. The number of nitrogens with one attached hydrogen (secondary N) is 2. The van der Waals surface area contributed by atoms with Gasteiger partial charge in [0.15, 0.2) is 6.61 Å². The lowest BCUT2D eigenvalue weighted by molar-refractivity contribution is -0.148. The van der Waals surface area contributed by atoms with E-state index in [1.807, 2.05) is 0 Å². The summed E-state index contributed by atoms with van der Waals surface area (Å²) in [7, 11) is 0. The van der Waals surface area contributed by atoms with Crippen LogP contribution in [0.25, 0.3) is 0 Å². The molecule has 0 spiro atoms. The molecule has 0 saturated heterocycles. The third kappa shape index (κ3) is 8.31. The summed E-state index contributed by atoms with van der Waals surface area (Å²) >= 11 is 5.83. The molecule has 0 heterocycles. The molecule has 0 bridgehead atoms. The maximum absolute atomic E-state index is 13.0. The molecule has 0 fully saturated rings. The van der Waals surface area contributed by atoms with Crippen LogP contribution in [0.3, 0.4) is 0 Å². The minimum Gasteiger partial charge on any atom is -0.457 e. The predicted molar refractivity (Wildman–Crippen MR) is 127 cm³/mol. The SMILES string of the molecule is O=C(CCC(=O)OCC(=O)Nc1ccccc1C(F)(F)F)Nc1ccc(Oc2ccc(Cl)cc2)cc1. The van der Waals surface area contributed by atoms with Crippen LogP contribution in [0.5, 0.6) is 11.5 Å². The number of benzene rings is 3. The first-order valence-electron chi connectivity index (χ1n) is 10.6. The van der Waals surface area contributed by atoms with Crippen LogP contribution in [0, 0.1) is 0 Å². The standard InChI is InChI=1S/C25H20ClF3N2O5/c26-16-5-9-18(10-6-16)36-19-11-7-17(8-12-19)30-22(32)13-14-24(34)35-15-23(33)31-21-4-2-1-3-20(21)25(27,28)29/h1-12H,13-15H2,(H,30,32)(H,31,33). The number of hydrogen-bond acceptors (Lipinski definition) is 5. The Kier molecular flexibility index (Phi) is 8.91. The van der Waals surface area contributed by atoms with Gasteiger partial charge in [0, 0.05) is 17.1 Å². The van der Waals surface area contributed by atoms with Crippen molar-refractivity contribution in [2.75, 3.05) is 17.2 Å². The highest BCUT2D eigenvalue weighted by Crippen LogP contribution is 2.34. The van der Waals surface area contributed by atoms with Crippen molar-refractivity contribution in [1.82, 2.24) is 0 Å². The van der Waals surface area contributed by atoms with Crippen LogP contribution in [-0.4, -0.2) is 24.4 Å². The minimum atomic E-state index is -4.65. The Hall–Kier alpha value is -4.05. The Balaban J connectivity index is 1.39. The third-order valence-electron chi connectivity index (χ3n) is 4.61. The van der Waals surface area contributed by atoms with E-state index in [0.717, 1.165) is 12.1 Å². The van der Waals surface area contributed by atoms with Crippen LogP contribution in [0.1, 0.15) is 18.4 Å². The predicted octanol–water partition coefficient (Wildman–Crippen LogP) is 6.05. The fourth-order valence-electron chi connectivity index (χ4n) is 2.93. The smallest absolute Gasteiger partial charge is 0.418 e. The first kappa shape index (κ1) is 26.6. The molecule has 7 nitrogen and oxygen atoms in total. The van der Waals surface area contributed by atoms with Gasteiger partial charge in [0.25, 0.3) is 5.91 Å². The summed E-state index contributed by atoms with van der Waals surface area (Å²) in [6.07, 6.45) is -5.20. The van der Waals surface area contributed by atoms with E-state index in [4.69, 9.17) is 21.1 Å². The average Bonchev–Trinajstić information content (AvgIpc) is 2.84. The van der Waals surface area contributed by atoms with Crippen molar-refractivity contribution >= 4 is 40.8 Å². The fraction of sp³-hybridized carbons (Fsp3) is 0.160. The molecule has 0 aliphatic heterocycles. The summed E-state index contributed by atoms with van der Waals surface area (Å²) < 4.78 is 49.3. The van der Waals surface area contributed by atoms with E-state index < -0.39 is 41.8 Å². The van der Waals surface area contributed by atoms with Crippen molar-refractivity contribution in [1.29, 1.82) is 0 Å². The molecule has 2 amide bonds. The summed E-state index contributed by atoms with van der Waals surface area (Å²) in [4.78, 5) is 35.8. The molecule has 0 aliphatic rings. The Morgan fingerprint density at radius 1 is 0.778 bits per heavy atom. The van der Waals surface area contributed by atoms with Crippen LogP contribution in [0.2, 0.25) is 5.02 Å². The first-order chi connectivity index (χ1) is 17.1. The third-order valence-corrected chi connectivity index (χ3v) is 4.87. The Bertz CT molecular complexity index is 1220. The zero-order valence-corrected chi connectivity index (χ0v) is 19.4. The molecule has 3 aromatic rings. The number of amides is 2. The molecular formula is C25H20ClF3N2O5. The van der Waals surface area contributed by atoms with Crippen molar-refractivity contribution in [3.05, 3.63) is 83.4 Å². The van der Waals surface area contributed by atoms with Gasteiger partial charge < -0.3 is 20.1 Å². The Morgan fingerprint density at radius 2 is 1.39 bits per heavy atom. The van der Waals surface area contributed by atoms with Gasteiger partial charge in [0.1, 0.15) is 11.5 Å². The van der Waals surface area contributed by atoms with Crippen molar-refractivity contribution in [2.24, 2.45) is 0 Å². The largest absolute Gasteiger partial charge is 0.457 e. The van der Waals surface area contributed by atoms with E-state index in [1.54, 1.807) is 48.5 Å². The molecule has 0 aliphatic carbocycles. The monoisotopic (exact) mass is 520 g/mol. The molecular weight excluding hydrogens is 501 g/mol. The second-order valence-electron chi connectivity index (χ2n) is 7.38. The van der Waals surface area contributed by atoms with E-state index in [-0.39, 0.29) is 12.8 Å². The lowest BCUT2D eigenvalue weighted by Gasteiger charge is -2.13. The van der Waals surface area contributed by atoms with Gasteiger partial charge in [-0.25, -0.2) is 0 Å². The first-order valence-corrected chi connectivity index (χ1v) is 10.9. The van der Waals surface area contributed by atoms with Gasteiger partial charge in [0.2, 0.25) is 5.91 Å². The van der Waals surface area contributed by atoms with Gasteiger partial charge in [-0.05, 0) is 60.7 Å². The normalized spacial score (nSPS) is 10.9. The number of para-hydroxylation sites is 1. The summed E-state index contributed by atoms with van der Waals surface area (Å²) in [5.74, 6) is -1.13. The minimum absolute atomic E-state index is 0.222. The van der Waals surface area contributed by atoms with Gasteiger partial charge >= 0.3 is 12.1 Å². The van der Waals surface area contributed by atoms with E-state index in [9.17, 15) is 27.6 Å². The molecule has 0 radical (unpaired) electrons. The lowest BCUT2D eigenvalue weighted by Crippen LogP contribution is -2.23. The number of halogens is 4. The zero-order chi connectivity index (χ0) is 26.1. The number of alkyl halides is 3. The molecule has 36 heavy (non-hydrogen) atoms.